The average Bonchev–Trinajstić information content (AvgIpc) is 2.94. The van der Waals surface area contributed by atoms with Gasteiger partial charge in [0.25, 0.3) is 0 Å². The molecule has 0 aliphatic carbocycles. The number of hydrogen-bond acceptors (Lipinski definition) is 3. The van der Waals surface area contributed by atoms with Gasteiger partial charge in [-0.2, -0.15) is 0 Å². The number of nitrogens with zero attached hydrogens (tertiary/aromatic N) is 2. The van der Waals surface area contributed by atoms with Crippen molar-refractivity contribution in [2.45, 2.75) is 0 Å². The highest BCUT2D eigenvalue weighted by atomic mass is 35.5. The first-order valence-corrected chi connectivity index (χ1v) is 8.02. The molecule has 0 saturated heterocycles. The van der Waals surface area contributed by atoms with Crippen LogP contribution >= 0.6 is 22.9 Å². The van der Waals surface area contributed by atoms with E-state index < -0.39 is 0 Å². The Balaban J connectivity index is 2.19. The molecule has 0 radical (unpaired) electrons. The molecule has 4 aromatic rings. The fourth-order valence-corrected chi connectivity index (χ4v) is 4.06. The number of fused-ring (bicyclic) bond motifs is 2. The quantitative estimate of drug-likeness (QED) is 0.435. The van der Waals surface area contributed by atoms with Gasteiger partial charge in [-0.3, -0.25) is 0 Å². The van der Waals surface area contributed by atoms with Gasteiger partial charge in [0.15, 0.2) is 0 Å². The van der Waals surface area contributed by atoms with Crippen molar-refractivity contribution < 1.29 is 0 Å². The van der Waals surface area contributed by atoms with Gasteiger partial charge in [0.05, 0.1) is 5.39 Å². The van der Waals surface area contributed by atoms with Crippen molar-refractivity contribution in [3.05, 3.63) is 65.4 Å². The van der Waals surface area contributed by atoms with Crippen LogP contribution in [0.15, 0.2) is 55.4 Å². The molecule has 2 aromatic heterocycles. The molecular weight excluding hydrogens is 312 g/mol. The van der Waals surface area contributed by atoms with Gasteiger partial charge >= 0.3 is 0 Å². The van der Waals surface area contributed by atoms with Gasteiger partial charge in [0.2, 0.25) is 0 Å². The van der Waals surface area contributed by atoms with Crippen LogP contribution in [0.1, 0.15) is 4.88 Å². The average molecular weight is 323 g/mol. The number of benzene rings is 2. The first-order valence-electron chi connectivity index (χ1n) is 6.83. The highest BCUT2D eigenvalue weighted by molar-refractivity contribution is 7.20. The molecule has 0 saturated carbocycles. The van der Waals surface area contributed by atoms with Crippen molar-refractivity contribution in [2.24, 2.45) is 0 Å². The van der Waals surface area contributed by atoms with Crippen LogP contribution in [0.2, 0.25) is 5.15 Å². The molecule has 2 heterocycles. The van der Waals surface area contributed by atoms with Crippen molar-refractivity contribution in [3.8, 4) is 11.1 Å². The zero-order valence-electron chi connectivity index (χ0n) is 11.6. The van der Waals surface area contributed by atoms with Gasteiger partial charge in [0.1, 0.15) is 16.3 Å². The SMILES string of the molecule is C=Cc1sc2ncnc(Cl)c2c1-c1cccc2ccccc12. The van der Waals surface area contributed by atoms with Crippen LogP contribution in [-0.4, -0.2) is 9.97 Å². The van der Waals surface area contributed by atoms with Gasteiger partial charge in [-0.1, -0.05) is 66.7 Å². The van der Waals surface area contributed by atoms with E-state index in [1.54, 1.807) is 11.3 Å². The lowest BCUT2D eigenvalue weighted by Gasteiger charge is -2.08. The summed E-state index contributed by atoms with van der Waals surface area (Å²) in [5.41, 5.74) is 2.20. The van der Waals surface area contributed by atoms with E-state index in [2.05, 4.69) is 46.9 Å². The molecule has 4 rings (SSSR count). The number of thiophene rings is 1. The third-order valence-electron chi connectivity index (χ3n) is 3.71. The fraction of sp³-hybridized carbons (Fsp3) is 0. The lowest BCUT2D eigenvalue weighted by Crippen LogP contribution is -1.85. The van der Waals surface area contributed by atoms with Gasteiger partial charge in [-0.15, -0.1) is 11.3 Å². The third-order valence-corrected chi connectivity index (χ3v) is 5.09. The summed E-state index contributed by atoms with van der Waals surface area (Å²) in [4.78, 5) is 10.5. The van der Waals surface area contributed by atoms with Crippen LogP contribution in [0.25, 0.3) is 38.2 Å². The highest BCUT2D eigenvalue weighted by Crippen LogP contribution is 2.43. The Hall–Kier alpha value is -2.23. The molecule has 0 bridgehead atoms. The van der Waals surface area contributed by atoms with E-state index in [0.717, 1.165) is 26.2 Å². The molecule has 0 fully saturated rings. The molecule has 0 spiro atoms. The van der Waals surface area contributed by atoms with Crippen LogP contribution in [-0.2, 0) is 0 Å². The summed E-state index contributed by atoms with van der Waals surface area (Å²) in [5, 5.41) is 3.77. The fourth-order valence-electron chi connectivity index (χ4n) is 2.77. The van der Waals surface area contributed by atoms with E-state index in [-0.39, 0.29) is 0 Å². The maximum atomic E-state index is 6.35. The molecule has 0 aliphatic rings. The predicted molar refractivity (Wildman–Crippen MR) is 95.5 cm³/mol. The lowest BCUT2D eigenvalue weighted by atomic mass is 9.97. The Morgan fingerprint density at radius 2 is 1.86 bits per heavy atom. The molecule has 0 amide bonds. The normalized spacial score (nSPS) is 11.1. The second kappa shape index (κ2) is 5.20. The molecule has 2 aromatic carbocycles. The monoisotopic (exact) mass is 322 g/mol. The maximum Gasteiger partial charge on any atom is 0.141 e. The van der Waals surface area contributed by atoms with Crippen molar-refractivity contribution in [1.29, 1.82) is 0 Å². The molecule has 0 atom stereocenters. The molecular formula is C18H11ClN2S. The summed E-state index contributed by atoms with van der Waals surface area (Å²) in [7, 11) is 0. The lowest BCUT2D eigenvalue weighted by molar-refractivity contribution is 1.23. The minimum atomic E-state index is 0.484. The second-order valence-electron chi connectivity index (χ2n) is 4.92. The molecule has 0 unspecified atom stereocenters. The first kappa shape index (κ1) is 13.4. The smallest absolute Gasteiger partial charge is 0.141 e. The summed E-state index contributed by atoms with van der Waals surface area (Å²) < 4.78 is 0. The largest absolute Gasteiger partial charge is 0.225 e. The predicted octanol–water partition coefficient (Wildman–Crippen LogP) is 5.81. The molecule has 22 heavy (non-hydrogen) atoms. The number of halogens is 1. The van der Waals surface area contributed by atoms with E-state index in [1.165, 1.54) is 17.1 Å². The molecule has 0 aliphatic heterocycles. The highest BCUT2D eigenvalue weighted by Gasteiger charge is 2.18. The van der Waals surface area contributed by atoms with E-state index in [0.29, 0.717) is 5.15 Å². The van der Waals surface area contributed by atoms with Crippen molar-refractivity contribution in [2.75, 3.05) is 0 Å². The van der Waals surface area contributed by atoms with Crippen LogP contribution in [0.4, 0.5) is 0 Å². The van der Waals surface area contributed by atoms with Crippen LogP contribution < -0.4 is 0 Å². The minimum Gasteiger partial charge on any atom is -0.225 e. The number of hydrogen-bond donors (Lipinski definition) is 0. The first-order chi connectivity index (χ1) is 10.8. The Morgan fingerprint density at radius 1 is 1.05 bits per heavy atom. The second-order valence-corrected chi connectivity index (χ2v) is 6.31. The van der Waals surface area contributed by atoms with Crippen LogP contribution in [0, 0.1) is 0 Å². The molecule has 4 heteroatoms. The Bertz CT molecular complexity index is 1010. The van der Waals surface area contributed by atoms with Crippen molar-refractivity contribution >= 4 is 50.0 Å². The van der Waals surface area contributed by atoms with Gasteiger partial charge in [-0.25, -0.2) is 9.97 Å². The molecule has 2 nitrogen and oxygen atoms in total. The van der Waals surface area contributed by atoms with Crippen molar-refractivity contribution in [1.82, 2.24) is 9.97 Å². The van der Waals surface area contributed by atoms with E-state index >= 15 is 0 Å². The Kier molecular flexibility index (Phi) is 3.17. The topological polar surface area (TPSA) is 25.8 Å². The van der Waals surface area contributed by atoms with Gasteiger partial charge < -0.3 is 0 Å². The standard InChI is InChI=1S/C18H11ClN2S/c1-2-14-15(16-17(19)20-10-21-18(16)22-14)13-9-5-7-11-6-3-4-8-12(11)13/h2-10H,1H2. The summed E-state index contributed by atoms with van der Waals surface area (Å²) >= 11 is 7.94. The summed E-state index contributed by atoms with van der Waals surface area (Å²) in [5.74, 6) is 0. The summed E-state index contributed by atoms with van der Waals surface area (Å²) in [6.45, 7) is 3.94. The summed E-state index contributed by atoms with van der Waals surface area (Å²) in [6, 6.07) is 14.6. The van der Waals surface area contributed by atoms with Gasteiger partial charge in [-0.05, 0) is 16.3 Å². The third kappa shape index (κ3) is 1.94. The zero-order chi connectivity index (χ0) is 15.1. The Morgan fingerprint density at radius 3 is 2.73 bits per heavy atom. The molecule has 0 N–H and O–H groups in total. The van der Waals surface area contributed by atoms with Crippen molar-refractivity contribution in [3.63, 3.8) is 0 Å². The van der Waals surface area contributed by atoms with Crippen LogP contribution in [0.5, 0.6) is 0 Å². The van der Waals surface area contributed by atoms with Gasteiger partial charge in [0, 0.05) is 10.4 Å². The summed E-state index contributed by atoms with van der Waals surface area (Å²) in [6.07, 6.45) is 3.36. The molecule has 106 valence electrons. The Labute approximate surface area is 136 Å². The zero-order valence-corrected chi connectivity index (χ0v) is 13.2. The van der Waals surface area contributed by atoms with Crippen LogP contribution in [0.3, 0.4) is 0 Å². The maximum absolute atomic E-state index is 6.35. The minimum absolute atomic E-state index is 0.484. The van der Waals surface area contributed by atoms with E-state index in [9.17, 15) is 0 Å². The number of rotatable bonds is 2. The number of aromatic nitrogens is 2. The van der Waals surface area contributed by atoms with E-state index in [1.807, 2.05) is 18.2 Å². The van der Waals surface area contributed by atoms with E-state index in [4.69, 9.17) is 11.6 Å².